The number of carbonyl (C=O) groups is 2. The highest BCUT2D eigenvalue weighted by Gasteiger charge is 2.34. The number of thiophene rings is 1. The smallest absolute Gasteiger partial charge is 0.319 e. The fourth-order valence-corrected chi connectivity index (χ4v) is 4.79. The van der Waals surface area contributed by atoms with Gasteiger partial charge in [-0.15, -0.1) is 11.3 Å². The van der Waals surface area contributed by atoms with Crippen LogP contribution in [-0.4, -0.2) is 60.4 Å². The van der Waals surface area contributed by atoms with Gasteiger partial charge >= 0.3 is 6.03 Å². The molecule has 1 atom stereocenters. The summed E-state index contributed by atoms with van der Waals surface area (Å²) in [6, 6.07) is 10.4. The molecule has 1 aromatic heterocycles. The molecule has 5 nitrogen and oxygen atoms in total. The summed E-state index contributed by atoms with van der Waals surface area (Å²) in [4.78, 5) is 32.6. The summed E-state index contributed by atoms with van der Waals surface area (Å²) < 4.78 is 0. The Balaban J connectivity index is 1.89. The molecule has 0 unspecified atom stereocenters. The molecule has 3 amide bonds. The van der Waals surface area contributed by atoms with Gasteiger partial charge in [0.1, 0.15) is 6.54 Å². The van der Waals surface area contributed by atoms with Gasteiger partial charge in [0.2, 0.25) is 5.91 Å². The van der Waals surface area contributed by atoms with Crippen LogP contribution in [0.4, 0.5) is 4.79 Å². The monoisotopic (exact) mass is 413 g/mol. The van der Waals surface area contributed by atoms with Crippen LogP contribution in [0.2, 0.25) is 0 Å². The first kappa shape index (κ1) is 21.4. The Kier molecular flexibility index (Phi) is 6.63. The highest BCUT2D eigenvalue weighted by Crippen LogP contribution is 2.38. The van der Waals surface area contributed by atoms with Crippen molar-refractivity contribution in [2.45, 2.75) is 33.2 Å². The van der Waals surface area contributed by atoms with Crippen LogP contribution in [0.5, 0.6) is 0 Å². The van der Waals surface area contributed by atoms with Crippen LogP contribution in [-0.2, 0) is 11.2 Å². The number of aryl methyl sites for hydroxylation is 1. The molecule has 0 radical (unpaired) electrons. The summed E-state index contributed by atoms with van der Waals surface area (Å²) >= 11 is 1.76. The first-order valence-electron chi connectivity index (χ1n) is 10.2. The van der Waals surface area contributed by atoms with Crippen molar-refractivity contribution in [2.75, 3.05) is 33.7 Å². The molecule has 0 spiro atoms. The molecule has 156 valence electrons. The minimum Gasteiger partial charge on any atom is -0.331 e. The second-order valence-electron chi connectivity index (χ2n) is 8.40. The summed E-state index contributed by atoms with van der Waals surface area (Å²) in [7, 11) is 3.46. The fourth-order valence-electron chi connectivity index (χ4n) is 3.88. The van der Waals surface area contributed by atoms with Crippen LogP contribution in [0, 0.1) is 12.8 Å². The van der Waals surface area contributed by atoms with Crippen molar-refractivity contribution < 1.29 is 9.59 Å². The van der Waals surface area contributed by atoms with Crippen LogP contribution in [0.25, 0.3) is 0 Å². The number of hydrogen-bond acceptors (Lipinski definition) is 3. The van der Waals surface area contributed by atoms with Gasteiger partial charge in [-0.1, -0.05) is 43.7 Å². The third-order valence-corrected chi connectivity index (χ3v) is 6.24. The van der Waals surface area contributed by atoms with Gasteiger partial charge in [-0.2, -0.15) is 0 Å². The molecule has 6 heteroatoms. The minimum absolute atomic E-state index is 0.00303. The predicted molar refractivity (Wildman–Crippen MR) is 118 cm³/mol. The minimum atomic E-state index is -0.118. The van der Waals surface area contributed by atoms with E-state index >= 15 is 0 Å². The Bertz CT molecular complexity index is 857. The molecule has 0 N–H and O–H groups in total. The third kappa shape index (κ3) is 4.81. The second kappa shape index (κ2) is 8.99. The molecule has 2 aromatic rings. The zero-order valence-corrected chi connectivity index (χ0v) is 18.8. The van der Waals surface area contributed by atoms with Crippen LogP contribution in [0.1, 0.15) is 41.5 Å². The highest BCUT2D eigenvalue weighted by atomic mass is 32.1. The molecule has 1 aliphatic heterocycles. The SMILES string of the molecule is Cc1ccc([C@H]2c3ccsc3CCN2C(=O)CN(CC(C)C)C(=O)N(C)C)cc1. The number of carbonyl (C=O) groups excluding carboxylic acids is 2. The molecule has 0 bridgehead atoms. The van der Waals surface area contributed by atoms with Gasteiger partial charge in [0, 0.05) is 32.1 Å². The van der Waals surface area contributed by atoms with Gasteiger partial charge in [-0.05, 0) is 41.8 Å². The van der Waals surface area contributed by atoms with Crippen molar-refractivity contribution >= 4 is 23.3 Å². The lowest BCUT2D eigenvalue weighted by atomic mass is 9.92. The number of fused-ring (bicyclic) bond motifs is 1. The number of amides is 3. The Morgan fingerprint density at radius 3 is 2.48 bits per heavy atom. The summed E-state index contributed by atoms with van der Waals surface area (Å²) in [6.07, 6.45) is 0.868. The Hall–Kier alpha value is -2.34. The molecule has 1 aliphatic rings. The van der Waals surface area contributed by atoms with E-state index in [9.17, 15) is 9.59 Å². The predicted octanol–water partition coefficient (Wildman–Crippen LogP) is 4.17. The molecule has 29 heavy (non-hydrogen) atoms. The van der Waals surface area contributed by atoms with Crippen LogP contribution < -0.4 is 0 Å². The molecule has 0 fully saturated rings. The topological polar surface area (TPSA) is 43.9 Å². The molecule has 3 rings (SSSR count). The van der Waals surface area contributed by atoms with Crippen LogP contribution in [0.15, 0.2) is 35.7 Å². The van der Waals surface area contributed by atoms with E-state index in [0.29, 0.717) is 19.0 Å². The maximum Gasteiger partial charge on any atom is 0.319 e. The number of benzene rings is 1. The van der Waals surface area contributed by atoms with Gasteiger partial charge in [0.15, 0.2) is 0 Å². The molecule has 2 heterocycles. The quantitative estimate of drug-likeness (QED) is 0.738. The number of hydrogen-bond donors (Lipinski definition) is 0. The van der Waals surface area contributed by atoms with Crippen molar-refractivity contribution in [3.63, 3.8) is 0 Å². The Morgan fingerprint density at radius 2 is 1.86 bits per heavy atom. The molecule has 0 saturated heterocycles. The highest BCUT2D eigenvalue weighted by molar-refractivity contribution is 7.10. The standard InChI is InChI=1S/C23H31N3O2S/c1-16(2)14-25(23(28)24(4)5)15-21(27)26-12-10-20-19(11-13-29-20)22(26)18-8-6-17(3)7-9-18/h6-9,11,13,16,22H,10,12,14-15H2,1-5H3/t22-/m0/s1. The van der Waals surface area contributed by atoms with E-state index in [4.69, 9.17) is 0 Å². The maximum atomic E-state index is 13.4. The first-order chi connectivity index (χ1) is 13.8. The van der Waals surface area contributed by atoms with Crippen molar-refractivity contribution in [2.24, 2.45) is 5.92 Å². The van der Waals surface area contributed by atoms with Crippen molar-refractivity contribution in [1.82, 2.24) is 14.7 Å². The summed E-state index contributed by atoms with van der Waals surface area (Å²) in [6.45, 7) is 7.55. The summed E-state index contributed by atoms with van der Waals surface area (Å²) in [5.74, 6) is 0.299. The lowest BCUT2D eigenvalue weighted by molar-refractivity contribution is -0.134. The normalized spacial score (nSPS) is 15.9. The molecule has 0 aliphatic carbocycles. The van der Waals surface area contributed by atoms with Gasteiger partial charge < -0.3 is 14.7 Å². The number of rotatable bonds is 5. The lowest BCUT2D eigenvalue weighted by Crippen LogP contribution is -2.49. The van der Waals surface area contributed by atoms with E-state index in [-0.39, 0.29) is 24.5 Å². The van der Waals surface area contributed by atoms with E-state index in [1.54, 1.807) is 35.2 Å². The van der Waals surface area contributed by atoms with Crippen LogP contribution >= 0.6 is 11.3 Å². The van der Waals surface area contributed by atoms with Crippen molar-refractivity contribution in [1.29, 1.82) is 0 Å². The van der Waals surface area contributed by atoms with E-state index < -0.39 is 0 Å². The largest absolute Gasteiger partial charge is 0.331 e. The Labute approximate surface area is 177 Å². The maximum absolute atomic E-state index is 13.4. The van der Waals surface area contributed by atoms with E-state index in [1.807, 2.05) is 4.90 Å². The average Bonchev–Trinajstić information content (AvgIpc) is 3.15. The third-order valence-electron chi connectivity index (χ3n) is 5.24. The zero-order chi connectivity index (χ0) is 21.1. The fraction of sp³-hybridized carbons (Fsp3) is 0.478. The van der Waals surface area contributed by atoms with Crippen molar-refractivity contribution in [3.05, 3.63) is 57.3 Å². The molecular formula is C23H31N3O2S. The number of urea groups is 1. The summed E-state index contributed by atoms with van der Waals surface area (Å²) in [5, 5.41) is 2.11. The lowest BCUT2D eigenvalue weighted by Gasteiger charge is -2.38. The number of nitrogens with zero attached hydrogens (tertiary/aromatic N) is 3. The van der Waals surface area contributed by atoms with E-state index in [0.717, 1.165) is 12.0 Å². The second-order valence-corrected chi connectivity index (χ2v) is 9.40. The van der Waals surface area contributed by atoms with E-state index in [2.05, 4.69) is 56.5 Å². The molecular weight excluding hydrogens is 382 g/mol. The van der Waals surface area contributed by atoms with Crippen LogP contribution in [0.3, 0.4) is 0 Å². The van der Waals surface area contributed by atoms with Gasteiger partial charge in [-0.3, -0.25) is 4.79 Å². The zero-order valence-electron chi connectivity index (χ0n) is 18.0. The molecule has 1 aromatic carbocycles. The van der Waals surface area contributed by atoms with Crippen molar-refractivity contribution in [3.8, 4) is 0 Å². The first-order valence-corrected chi connectivity index (χ1v) is 11.0. The van der Waals surface area contributed by atoms with E-state index in [1.165, 1.54) is 16.0 Å². The van der Waals surface area contributed by atoms with Gasteiger partial charge in [0.25, 0.3) is 0 Å². The van der Waals surface area contributed by atoms with Gasteiger partial charge in [0.05, 0.1) is 6.04 Å². The average molecular weight is 414 g/mol. The Morgan fingerprint density at radius 1 is 1.17 bits per heavy atom. The van der Waals surface area contributed by atoms with Gasteiger partial charge in [-0.25, -0.2) is 4.79 Å². The molecule has 0 saturated carbocycles. The summed E-state index contributed by atoms with van der Waals surface area (Å²) in [5.41, 5.74) is 3.54.